The van der Waals surface area contributed by atoms with Gasteiger partial charge >= 0.3 is 0 Å². The SMILES string of the molecule is CCNC(=NCc1ncc(C)s1)NCC1CCCN1Cc1ccccc1.I. The number of thiazole rings is 1. The number of hydrogen-bond donors (Lipinski definition) is 2. The maximum atomic E-state index is 4.69. The Balaban J connectivity index is 0.00000261. The fourth-order valence-corrected chi connectivity index (χ4v) is 4.04. The largest absolute Gasteiger partial charge is 0.357 e. The third kappa shape index (κ3) is 7.04. The highest BCUT2D eigenvalue weighted by Gasteiger charge is 2.24. The number of likely N-dealkylation sites (tertiary alicyclic amines) is 1. The van der Waals surface area contributed by atoms with Crippen LogP contribution in [-0.2, 0) is 13.1 Å². The summed E-state index contributed by atoms with van der Waals surface area (Å²) >= 11 is 1.71. The molecule has 1 aliphatic rings. The van der Waals surface area contributed by atoms with Gasteiger partial charge in [-0.3, -0.25) is 4.90 Å². The van der Waals surface area contributed by atoms with E-state index in [1.54, 1.807) is 11.3 Å². The zero-order chi connectivity index (χ0) is 18.2. The van der Waals surface area contributed by atoms with Crippen LogP contribution >= 0.6 is 35.3 Å². The molecule has 1 atom stereocenters. The van der Waals surface area contributed by atoms with Crippen molar-refractivity contribution in [3.63, 3.8) is 0 Å². The van der Waals surface area contributed by atoms with Gasteiger partial charge in [0.1, 0.15) is 5.01 Å². The van der Waals surface area contributed by atoms with Gasteiger partial charge in [-0.2, -0.15) is 0 Å². The Morgan fingerprint density at radius 1 is 1.30 bits per heavy atom. The number of hydrogen-bond acceptors (Lipinski definition) is 4. The molecule has 0 radical (unpaired) electrons. The van der Waals surface area contributed by atoms with Crippen LogP contribution < -0.4 is 10.6 Å². The van der Waals surface area contributed by atoms with E-state index >= 15 is 0 Å². The average Bonchev–Trinajstić information content (AvgIpc) is 3.27. The second kappa shape index (κ2) is 11.6. The topological polar surface area (TPSA) is 52.6 Å². The molecule has 0 amide bonds. The van der Waals surface area contributed by atoms with Crippen LogP contribution in [0.2, 0.25) is 0 Å². The molecule has 7 heteroatoms. The number of rotatable bonds is 7. The molecule has 2 N–H and O–H groups in total. The zero-order valence-corrected chi connectivity index (χ0v) is 19.3. The van der Waals surface area contributed by atoms with Crippen LogP contribution in [0.25, 0.3) is 0 Å². The minimum atomic E-state index is 0. The number of aliphatic imine (C=N–C) groups is 1. The van der Waals surface area contributed by atoms with Crippen LogP contribution in [0.1, 0.15) is 35.2 Å². The minimum absolute atomic E-state index is 0. The summed E-state index contributed by atoms with van der Waals surface area (Å²) in [7, 11) is 0. The lowest BCUT2D eigenvalue weighted by atomic mass is 10.2. The molecule has 0 saturated carbocycles. The highest BCUT2D eigenvalue weighted by atomic mass is 127. The first-order valence-corrected chi connectivity index (χ1v) is 10.3. The zero-order valence-electron chi connectivity index (χ0n) is 16.1. The smallest absolute Gasteiger partial charge is 0.191 e. The maximum Gasteiger partial charge on any atom is 0.191 e. The number of aryl methyl sites for hydroxylation is 1. The van der Waals surface area contributed by atoms with Gasteiger partial charge in [-0.05, 0) is 38.8 Å². The summed E-state index contributed by atoms with van der Waals surface area (Å²) in [5.74, 6) is 0.881. The van der Waals surface area contributed by atoms with E-state index in [0.717, 1.165) is 30.6 Å². The molecule has 1 fully saturated rings. The van der Waals surface area contributed by atoms with E-state index in [1.807, 2.05) is 6.20 Å². The predicted octanol–water partition coefficient (Wildman–Crippen LogP) is 3.79. The fourth-order valence-electron chi connectivity index (χ4n) is 3.33. The third-order valence-electron chi connectivity index (χ3n) is 4.62. The lowest BCUT2D eigenvalue weighted by Gasteiger charge is -2.25. The normalized spacial score (nSPS) is 17.6. The molecule has 3 rings (SSSR count). The van der Waals surface area contributed by atoms with Gasteiger partial charge < -0.3 is 10.6 Å². The summed E-state index contributed by atoms with van der Waals surface area (Å²) in [6.45, 7) is 8.80. The number of nitrogens with one attached hydrogen (secondary N) is 2. The van der Waals surface area contributed by atoms with Gasteiger partial charge in [0.2, 0.25) is 0 Å². The van der Waals surface area contributed by atoms with Crippen LogP contribution in [0, 0.1) is 6.92 Å². The molecule has 27 heavy (non-hydrogen) atoms. The summed E-state index contributed by atoms with van der Waals surface area (Å²) in [5, 5.41) is 7.94. The van der Waals surface area contributed by atoms with E-state index in [1.165, 1.54) is 29.8 Å². The Morgan fingerprint density at radius 3 is 2.81 bits per heavy atom. The first-order chi connectivity index (χ1) is 12.7. The summed E-state index contributed by atoms with van der Waals surface area (Å²) in [4.78, 5) is 12.9. The molecule has 2 aromatic rings. The standard InChI is InChI=1S/C20H29N5S.HI/c1-3-21-20(24-14-19-22-12-16(2)26-19)23-13-18-10-7-11-25(18)15-17-8-5-4-6-9-17;/h4-6,8-9,12,18H,3,7,10-11,13-15H2,1-2H3,(H2,21,23,24);1H. The number of nitrogens with zero attached hydrogens (tertiary/aromatic N) is 3. The number of halogens is 1. The number of benzene rings is 1. The van der Waals surface area contributed by atoms with Crippen molar-refractivity contribution in [3.05, 3.63) is 52.0 Å². The molecular formula is C20H30IN5S. The van der Waals surface area contributed by atoms with Crippen LogP contribution in [0.5, 0.6) is 0 Å². The van der Waals surface area contributed by atoms with E-state index in [4.69, 9.17) is 4.99 Å². The second-order valence-electron chi connectivity index (χ2n) is 6.69. The molecule has 0 bridgehead atoms. The highest BCUT2D eigenvalue weighted by molar-refractivity contribution is 14.0. The summed E-state index contributed by atoms with van der Waals surface area (Å²) in [6.07, 6.45) is 4.42. The molecule has 1 saturated heterocycles. The number of aromatic nitrogens is 1. The van der Waals surface area contributed by atoms with Gasteiger partial charge in [0.15, 0.2) is 5.96 Å². The van der Waals surface area contributed by atoms with Crippen molar-refractivity contribution < 1.29 is 0 Å². The van der Waals surface area contributed by atoms with Crippen LogP contribution in [0.3, 0.4) is 0 Å². The molecule has 1 aromatic carbocycles. The molecular weight excluding hydrogens is 469 g/mol. The van der Waals surface area contributed by atoms with Crippen molar-refractivity contribution in [1.82, 2.24) is 20.5 Å². The van der Waals surface area contributed by atoms with E-state index < -0.39 is 0 Å². The molecule has 1 unspecified atom stereocenters. The van der Waals surface area contributed by atoms with E-state index in [9.17, 15) is 0 Å². The van der Waals surface area contributed by atoms with E-state index in [-0.39, 0.29) is 24.0 Å². The molecule has 148 valence electrons. The highest BCUT2D eigenvalue weighted by Crippen LogP contribution is 2.19. The Morgan fingerprint density at radius 2 is 2.11 bits per heavy atom. The van der Waals surface area contributed by atoms with Crippen molar-refractivity contribution >= 4 is 41.3 Å². The number of guanidine groups is 1. The van der Waals surface area contributed by atoms with Crippen LogP contribution in [0.15, 0.2) is 41.5 Å². The summed E-state index contributed by atoms with van der Waals surface area (Å²) in [5.41, 5.74) is 1.39. The van der Waals surface area contributed by atoms with E-state index in [0.29, 0.717) is 12.6 Å². The lowest BCUT2D eigenvalue weighted by Crippen LogP contribution is -2.44. The minimum Gasteiger partial charge on any atom is -0.357 e. The van der Waals surface area contributed by atoms with Crippen LogP contribution in [0.4, 0.5) is 0 Å². The van der Waals surface area contributed by atoms with Gasteiger partial charge in [-0.15, -0.1) is 35.3 Å². The quantitative estimate of drug-likeness (QED) is 0.346. The van der Waals surface area contributed by atoms with Crippen molar-refractivity contribution in [2.45, 2.75) is 45.8 Å². The predicted molar refractivity (Wildman–Crippen MR) is 125 cm³/mol. The monoisotopic (exact) mass is 499 g/mol. The van der Waals surface area contributed by atoms with Gasteiger partial charge in [-0.1, -0.05) is 30.3 Å². The maximum absolute atomic E-state index is 4.69. The van der Waals surface area contributed by atoms with E-state index in [2.05, 4.69) is 64.7 Å². The Kier molecular flexibility index (Phi) is 9.50. The van der Waals surface area contributed by atoms with Crippen molar-refractivity contribution in [1.29, 1.82) is 0 Å². The molecule has 1 aliphatic heterocycles. The van der Waals surface area contributed by atoms with Crippen LogP contribution in [-0.4, -0.2) is 41.5 Å². The van der Waals surface area contributed by atoms with Crippen molar-refractivity contribution in [2.24, 2.45) is 4.99 Å². The fraction of sp³-hybridized carbons (Fsp3) is 0.500. The Bertz CT molecular complexity index is 703. The average molecular weight is 499 g/mol. The molecule has 1 aromatic heterocycles. The van der Waals surface area contributed by atoms with Crippen molar-refractivity contribution in [3.8, 4) is 0 Å². The molecule has 2 heterocycles. The molecule has 0 aliphatic carbocycles. The molecule has 5 nitrogen and oxygen atoms in total. The van der Waals surface area contributed by atoms with Gasteiger partial charge in [-0.25, -0.2) is 9.98 Å². The lowest BCUT2D eigenvalue weighted by molar-refractivity contribution is 0.245. The molecule has 0 spiro atoms. The summed E-state index contributed by atoms with van der Waals surface area (Å²) < 4.78 is 0. The van der Waals surface area contributed by atoms with Gasteiger partial charge in [0.05, 0.1) is 6.54 Å². The Labute approximate surface area is 183 Å². The first-order valence-electron chi connectivity index (χ1n) is 9.46. The van der Waals surface area contributed by atoms with Gasteiger partial charge in [0.25, 0.3) is 0 Å². The van der Waals surface area contributed by atoms with Crippen molar-refractivity contribution in [2.75, 3.05) is 19.6 Å². The second-order valence-corrected chi connectivity index (χ2v) is 8.01. The summed E-state index contributed by atoms with van der Waals surface area (Å²) in [6, 6.07) is 11.3. The first kappa shape index (κ1) is 22.1. The third-order valence-corrected chi connectivity index (χ3v) is 5.52. The Hall–Kier alpha value is -1.19. The van der Waals surface area contributed by atoms with Gasteiger partial charge in [0, 0.05) is 36.8 Å².